The Labute approximate surface area is 235 Å². The van der Waals surface area contributed by atoms with Gasteiger partial charge >= 0.3 is 5.97 Å². The molecule has 1 aliphatic heterocycles. The maximum absolute atomic E-state index is 13.2. The number of Topliss-reactive ketones (excluding diaryl/α,β-unsaturated/α-hetero) is 1. The minimum Gasteiger partial charge on any atom is -0.480 e. The van der Waals surface area contributed by atoms with E-state index in [1.165, 1.54) is 16.4 Å². The second-order valence-corrected chi connectivity index (χ2v) is 12.1. The lowest BCUT2D eigenvalue weighted by molar-refractivity contribution is -0.142. The number of unbranched alkanes of at least 4 members (excludes halogenated alkanes) is 2. The quantitative estimate of drug-likeness (QED) is 0.145. The van der Waals surface area contributed by atoms with Crippen molar-refractivity contribution in [3.05, 3.63) is 65.7 Å². The van der Waals surface area contributed by atoms with Gasteiger partial charge in [0.15, 0.2) is 0 Å². The first-order valence-electron chi connectivity index (χ1n) is 13.6. The van der Waals surface area contributed by atoms with E-state index < -0.39 is 34.0 Å². The Morgan fingerprint density at radius 1 is 0.975 bits per heavy atom. The number of hydrogen-bond acceptors (Lipinski definition) is 6. The first kappa shape index (κ1) is 31.0. The first-order valence-corrected chi connectivity index (χ1v) is 15.0. The number of carbonyl (C=O) groups is 3. The van der Waals surface area contributed by atoms with Gasteiger partial charge in [0.25, 0.3) is 0 Å². The summed E-state index contributed by atoms with van der Waals surface area (Å²) in [6, 6.07) is 12.7. The molecule has 10 nitrogen and oxygen atoms in total. The Kier molecular flexibility index (Phi) is 11.4. The summed E-state index contributed by atoms with van der Waals surface area (Å²) in [5, 5.41) is 19.6. The predicted molar refractivity (Wildman–Crippen MR) is 151 cm³/mol. The summed E-state index contributed by atoms with van der Waals surface area (Å²) in [7, 11) is -3.91. The van der Waals surface area contributed by atoms with E-state index in [4.69, 9.17) is 11.1 Å². The molecule has 1 heterocycles. The number of benzene rings is 2. The molecule has 40 heavy (non-hydrogen) atoms. The highest BCUT2D eigenvalue weighted by molar-refractivity contribution is 7.89. The van der Waals surface area contributed by atoms with Crippen LogP contribution in [0.15, 0.2) is 59.5 Å². The highest BCUT2D eigenvalue weighted by Gasteiger charge is 2.38. The van der Waals surface area contributed by atoms with Gasteiger partial charge in [0.2, 0.25) is 15.9 Å². The summed E-state index contributed by atoms with van der Waals surface area (Å²) in [5.41, 5.74) is 6.82. The van der Waals surface area contributed by atoms with Crippen LogP contribution in [0.4, 0.5) is 0 Å². The fourth-order valence-electron chi connectivity index (χ4n) is 4.81. The van der Waals surface area contributed by atoms with Crippen molar-refractivity contribution in [2.75, 3.05) is 6.54 Å². The standard InChI is InChI=1S/C29H38N4O6S/c30-27(31)13-6-1-3-9-23(34)19-21-14-16-22(17-15-21)20-25(29(36)37)32-28(35)26-12-7-8-18-33(26)40(38,39)24-10-4-2-5-11-24/h2,4-5,10-11,14-17,25-26H,1,3,6-9,12-13,18-20H2,(H3,30,31)(H,32,35)(H,36,37)/t25-,26-/m0/s1. The van der Waals surface area contributed by atoms with E-state index in [1.54, 1.807) is 42.5 Å². The van der Waals surface area contributed by atoms with Gasteiger partial charge in [0.1, 0.15) is 17.9 Å². The van der Waals surface area contributed by atoms with Crippen molar-refractivity contribution < 1.29 is 27.9 Å². The van der Waals surface area contributed by atoms with Crippen LogP contribution in [-0.4, -0.2) is 60.0 Å². The number of carboxylic acid groups (broad SMARTS) is 1. The van der Waals surface area contributed by atoms with Crippen molar-refractivity contribution in [2.24, 2.45) is 5.73 Å². The molecule has 0 unspecified atom stereocenters. The third-order valence-electron chi connectivity index (χ3n) is 6.99. The molecule has 1 amide bonds. The Morgan fingerprint density at radius 3 is 2.27 bits per heavy atom. The summed E-state index contributed by atoms with van der Waals surface area (Å²) in [4.78, 5) is 37.6. The monoisotopic (exact) mass is 570 g/mol. The number of ketones is 1. The Balaban J connectivity index is 1.58. The molecule has 0 bridgehead atoms. The lowest BCUT2D eigenvalue weighted by Gasteiger charge is -2.34. The number of carbonyl (C=O) groups excluding carboxylic acids is 2. The van der Waals surface area contributed by atoms with E-state index in [1.807, 2.05) is 0 Å². The molecule has 2 aromatic rings. The van der Waals surface area contributed by atoms with Crippen molar-refractivity contribution in [3.8, 4) is 0 Å². The van der Waals surface area contributed by atoms with Crippen LogP contribution in [0, 0.1) is 5.41 Å². The van der Waals surface area contributed by atoms with Crippen LogP contribution in [0.5, 0.6) is 0 Å². The van der Waals surface area contributed by atoms with Gasteiger partial charge in [0.05, 0.1) is 10.7 Å². The smallest absolute Gasteiger partial charge is 0.326 e. The molecule has 1 aliphatic rings. The zero-order chi connectivity index (χ0) is 29.1. The van der Waals surface area contributed by atoms with Gasteiger partial charge in [-0.15, -0.1) is 0 Å². The Morgan fingerprint density at radius 2 is 1.62 bits per heavy atom. The van der Waals surface area contributed by atoms with Crippen molar-refractivity contribution in [1.82, 2.24) is 9.62 Å². The number of hydrogen-bond donors (Lipinski definition) is 4. The van der Waals surface area contributed by atoms with E-state index in [0.29, 0.717) is 37.7 Å². The SMILES string of the molecule is N=C(N)CCCCCC(=O)Cc1ccc(C[C@H](NC(=O)[C@@H]2CCCCN2S(=O)(=O)c2ccccc2)C(=O)O)cc1. The van der Waals surface area contributed by atoms with Crippen molar-refractivity contribution >= 4 is 33.5 Å². The molecule has 1 saturated heterocycles. The lowest BCUT2D eigenvalue weighted by atomic mass is 9.99. The molecule has 0 aromatic heterocycles. The molecule has 0 spiro atoms. The van der Waals surface area contributed by atoms with E-state index >= 15 is 0 Å². The minimum atomic E-state index is -3.91. The third-order valence-corrected chi connectivity index (χ3v) is 8.91. The zero-order valence-electron chi connectivity index (χ0n) is 22.6. The summed E-state index contributed by atoms with van der Waals surface area (Å²) in [6.45, 7) is 0.186. The number of carboxylic acids is 1. The van der Waals surface area contributed by atoms with Crippen LogP contribution < -0.4 is 11.1 Å². The molecule has 0 aliphatic carbocycles. The predicted octanol–water partition coefficient (Wildman–Crippen LogP) is 3.04. The molecular weight excluding hydrogens is 532 g/mol. The average molecular weight is 571 g/mol. The van der Waals surface area contributed by atoms with Crippen LogP contribution in [0.25, 0.3) is 0 Å². The van der Waals surface area contributed by atoms with E-state index in [9.17, 15) is 27.9 Å². The maximum Gasteiger partial charge on any atom is 0.326 e. The molecule has 0 radical (unpaired) electrons. The minimum absolute atomic E-state index is 0.0175. The van der Waals surface area contributed by atoms with Gasteiger partial charge in [-0.3, -0.25) is 15.0 Å². The van der Waals surface area contributed by atoms with Crippen LogP contribution in [0.1, 0.15) is 62.5 Å². The molecule has 2 aromatic carbocycles. The number of piperidine rings is 1. The topological polar surface area (TPSA) is 171 Å². The number of nitrogens with two attached hydrogens (primary N) is 1. The molecule has 216 valence electrons. The second kappa shape index (κ2) is 14.7. The number of rotatable bonds is 15. The lowest BCUT2D eigenvalue weighted by Crippen LogP contribution is -2.55. The zero-order valence-corrected chi connectivity index (χ0v) is 23.4. The number of sulfonamides is 1. The highest BCUT2D eigenvalue weighted by atomic mass is 32.2. The van der Waals surface area contributed by atoms with Crippen LogP contribution in [0.2, 0.25) is 0 Å². The number of amides is 1. The number of nitrogens with one attached hydrogen (secondary N) is 2. The van der Waals surface area contributed by atoms with Crippen molar-refractivity contribution in [1.29, 1.82) is 5.41 Å². The fourth-order valence-corrected chi connectivity index (χ4v) is 6.49. The molecule has 3 rings (SSSR count). The van der Waals surface area contributed by atoms with Crippen LogP contribution >= 0.6 is 0 Å². The van der Waals surface area contributed by atoms with E-state index in [2.05, 4.69) is 5.32 Å². The summed E-state index contributed by atoms with van der Waals surface area (Å²) in [5.74, 6) is -1.58. The molecule has 5 N–H and O–H groups in total. The summed E-state index contributed by atoms with van der Waals surface area (Å²) in [6.07, 6.45) is 5.25. The van der Waals surface area contributed by atoms with E-state index in [-0.39, 0.29) is 35.9 Å². The van der Waals surface area contributed by atoms with Crippen LogP contribution in [0.3, 0.4) is 0 Å². The summed E-state index contributed by atoms with van der Waals surface area (Å²) >= 11 is 0. The first-order chi connectivity index (χ1) is 19.1. The highest BCUT2D eigenvalue weighted by Crippen LogP contribution is 2.25. The van der Waals surface area contributed by atoms with Crippen molar-refractivity contribution in [2.45, 2.75) is 81.2 Å². The normalized spacial score (nSPS) is 16.6. The fraction of sp³-hybridized carbons (Fsp3) is 0.448. The van der Waals surface area contributed by atoms with Gasteiger partial charge < -0.3 is 16.2 Å². The third kappa shape index (κ3) is 8.99. The molecule has 1 fully saturated rings. The van der Waals surface area contributed by atoms with Gasteiger partial charge in [-0.2, -0.15) is 4.31 Å². The number of aliphatic carboxylic acids is 1. The second-order valence-electron chi connectivity index (χ2n) is 10.2. The van der Waals surface area contributed by atoms with Gasteiger partial charge in [-0.05, 0) is 48.9 Å². The molecular formula is C29H38N4O6S. The largest absolute Gasteiger partial charge is 0.480 e. The maximum atomic E-state index is 13.2. The van der Waals surface area contributed by atoms with Crippen LogP contribution in [-0.2, 0) is 37.2 Å². The Hall–Kier alpha value is -3.57. The van der Waals surface area contributed by atoms with Gasteiger partial charge in [-0.1, -0.05) is 55.3 Å². The molecule has 0 saturated carbocycles. The number of amidine groups is 1. The van der Waals surface area contributed by atoms with Gasteiger partial charge in [0, 0.05) is 32.2 Å². The molecule has 2 atom stereocenters. The van der Waals surface area contributed by atoms with E-state index in [0.717, 1.165) is 24.8 Å². The molecule has 11 heteroatoms. The summed E-state index contributed by atoms with van der Waals surface area (Å²) < 4.78 is 27.6. The number of nitrogens with zero attached hydrogens (tertiary/aromatic N) is 1. The average Bonchev–Trinajstić information content (AvgIpc) is 2.93. The Bertz CT molecular complexity index is 1280. The van der Waals surface area contributed by atoms with Gasteiger partial charge in [-0.25, -0.2) is 13.2 Å². The van der Waals surface area contributed by atoms with Crippen molar-refractivity contribution in [3.63, 3.8) is 0 Å².